The highest BCUT2D eigenvalue weighted by Crippen LogP contribution is 2.36. The number of halogens is 1. The Morgan fingerprint density at radius 1 is 1.08 bits per heavy atom. The molecule has 0 spiro atoms. The number of methoxy groups -OCH3 is 1. The van der Waals surface area contributed by atoms with Crippen LogP contribution in [0.5, 0.6) is 5.75 Å². The van der Waals surface area contributed by atoms with Crippen LogP contribution in [0.3, 0.4) is 0 Å². The van der Waals surface area contributed by atoms with Gasteiger partial charge in [0.25, 0.3) is 0 Å². The number of anilines is 1. The minimum absolute atomic E-state index is 0.250. The molecule has 1 atom stereocenters. The molecule has 1 unspecified atom stereocenters. The molecule has 8 heteroatoms. The molecule has 194 valence electrons. The summed E-state index contributed by atoms with van der Waals surface area (Å²) in [6, 6.07) is 19.2. The number of para-hydroxylation sites is 1. The number of hydrogen-bond acceptors (Lipinski definition) is 7. The Morgan fingerprint density at radius 2 is 1.86 bits per heavy atom. The first-order valence-corrected chi connectivity index (χ1v) is 13.5. The Hall–Kier alpha value is -2.91. The molecule has 6 nitrogen and oxygen atoms in total. The normalized spacial score (nSPS) is 17.7. The molecule has 0 aliphatic carbocycles. The van der Waals surface area contributed by atoms with Crippen LogP contribution in [0.2, 0.25) is 0 Å². The Bertz CT molecular complexity index is 1260. The van der Waals surface area contributed by atoms with Crippen LogP contribution in [0.25, 0.3) is 0 Å². The third-order valence-corrected chi connectivity index (χ3v) is 8.09. The highest BCUT2D eigenvalue weighted by Gasteiger charge is 2.33. The van der Waals surface area contributed by atoms with Gasteiger partial charge in [-0.2, -0.15) is 0 Å². The summed E-state index contributed by atoms with van der Waals surface area (Å²) in [6.07, 6.45) is 4.01. The number of benzene rings is 3. The SMILES string of the molecule is COc1ccc(CN2CCN(C(C)(O)c3ccc(NSc4cccc5c4N=CCC5)cc3)CC2)c(F)c1. The Morgan fingerprint density at radius 3 is 2.59 bits per heavy atom. The van der Waals surface area contributed by atoms with Gasteiger partial charge in [0, 0.05) is 56.3 Å². The van der Waals surface area contributed by atoms with Gasteiger partial charge in [0.15, 0.2) is 0 Å². The molecule has 5 rings (SSSR count). The van der Waals surface area contributed by atoms with Crippen molar-refractivity contribution in [3.05, 3.63) is 83.2 Å². The first-order valence-electron chi connectivity index (χ1n) is 12.6. The summed E-state index contributed by atoms with van der Waals surface area (Å²) >= 11 is 1.56. The predicted octanol–water partition coefficient (Wildman–Crippen LogP) is 5.58. The number of aliphatic imine (C=N–C) groups is 1. The van der Waals surface area contributed by atoms with Gasteiger partial charge in [-0.15, -0.1) is 0 Å². The maximum absolute atomic E-state index is 14.4. The fraction of sp³-hybridized carbons (Fsp3) is 0.345. The van der Waals surface area contributed by atoms with Crippen molar-refractivity contribution in [1.29, 1.82) is 0 Å². The second-order valence-electron chi connectivity index (χ2n) is 9.64. The molecule has 0 bridgehead atoms. The molecule has 0 amide bonds. The minimum Gasteiger partial charge on any atom is -0.497 e. The zero-order chi connectivity index (χ0) is 25.8. The summed E-state index contributed by atoms with van der Waals surface area (Å²) in [5, 5.41) is 11.4. The van der Waals surface area contributed by atoms with Crippen LogP contribution in [-0.4, -0.2) is 54.4 Å². The van der Waals surface area contributed by atoms with Gasteiger partial charge in [-0.25, -0.2) is 4.39 Å². The van der Waals surface area contributed by atoms with E-state index in [4.69, 9.17) is 4.74 Å². The topological polar surface area (TPSA) is 60.3 Å². The number of aryl methyl sites for hydroxylation is 1. The quantitative estimate of drug-likeness (QED) is 0.378. The molecule has 3 aromatic rings. The molecule has 37 heavy (non-hydrogen) atoms. The summed E-state index contributed by atoms with van der Waals surface area (Å²) in [4.78, 5) is 10.00. The highest BCUT2D eigenvalue weighted by atomic mass is 32.2. The monoisotopic (exact) mass is 520 g/mol. The Balaban J connectivity index is 1.16. The molecule has 0 saturated carbocycles. The number of nitrogens with zero attached hydrogens (tertiary/aromatic N) is 3. The van der Waals surface area contributed by atoms with Crippen molar-refractivity contribution in [3.8, 4) is 5.75 Å². The maximum Gasteiger partial charge on any atom is 0.141 e. The van der Waals surface area contributed by atoms with Crippen LogP contribution in [-0.2, 0) is 18.7 Å². The third kappa shape index (κ3) is 5.83. The van der Waals surface area contributed by atoms with Crippen molar-refractivity contribution in [3.63, 3.8) is 0 Å². The Labute approximate surface area is 222 Å². The van der Waals surface area contributed by atoms with E-state index in [1.807, 2.05) is 37.4 Å². The molecule has 2 heterocycles. The lowest BCUT2D eigenvalue weighted by Crippen LogP contribution is -2.54. The molecule has 1 saturated heterocycles. The number of piperazine rings is 1. The highest BCUT2D eigenvalue weighted by molar-refractivity contribution is 8.00. The van der Waals surface area contributed by atoms with E-state index in [2.05, 4.69) is 37.7 Å². The average Bonchev–Trinajstić information content (AvgIpc) is 2.93. The van der Waals surface area contributed by atoms with Crippen LogP contribution in [0.1, 0.15) is 30.0 Å². The summed E-state index contributed by atoms with van der Waals surface area (Å²) < 4.78 is 22.9. The third-order valence-electron chi connectivity index (χ3n) is 7.20. The van der Waals surface area contributed by atoms with Crippen LogP contribution in [0.15, 0.2) is 70.6 Å². The lowest BCUT2D eigenvalue weighted by Gasteiger charge is -2.43. The van der Waals surface area contributed by atoms with Gasteiger partial charge in [0.05, 0.1) is 17.7 Å². The Kier molecular flexibility index (Phi) is 7.81. The van der Waals surface area contributed by atoms with Crippen LogP contribution >= 0.6 is 11.9 Å². The average molecular weight is 521 g/mol. The predicted molar refractivity (Wildman–Crippen MR) is 148 cm³/mol. The van der Waals surface area contributed by atoms with Crippen molar-refractivity contribution in [2.45, 2.75) is 36.9 Å². The number of ether oxygens (including phenoxy) is 1. The van der Waals surface area contributed by atoms with E-state index < -0.39 is 5.72 Å². The van der Waals surface area contributed by atoms with E-state index in [0.29, 0.717) is 30.9 Å². The number of aliphatic hydroxyl groups is 1. The van der Waals surface area contributed by atoms with Crippen molar-refractivity contribution in [2.24, 2.45) is 4.99 Å². The zero-order valence-corrected chi connectivity index (χ0v) is 22.1. The minimum atomic E-state index is -1.09. The molecular formula is C29H33FN4O2S. The van der Waals surface area contributed by atoms with E-state index in [1.54, 1.807) is 24.1 Å². The lowest BCUT2D eigenvalue weighted by atomic mass is 10.0. The summed E-state index contributed by atoms with van der Waals surface area (Å²) in [7, 11) is 1.54. The van der Waals surface area contributed by atoms with Gasteiger partial charge in [-0.05, 0) is 67.1 Å². The van der Waals surface area contributed by atoms with Crippen molar-refractivity contribution < 1.29 is 14.2 Å². The van der Waals surface area contributed by atoms with Crippen LogP contribution < -0.4 is 9.46 Å². The van der Waals surface area contributed by atoms with Gasteiger partial charge in [0.1, 0.15) is 17.3 Å². The van der Waals surface area contributed by atoms with Gasteiger partial charge in [-0.3, -0.25) is 14.8 Å². The largest absolute Gasteiger partial charge is 0.497 e. The van der Waals surface area contributed by atoms with Crippen molar-refractivity contribution in [2.75, 3.05) is 38.0 Å². The first kappa shape index (κ1) is 25.7. The zero-order valence-electron chi connectivity index (χ0n) is 21.3. The molecule has 0 aromatic heterocycles. The molecule has 2 aliphatic heterocycles. The smallest absolute Gasteiger partial charge is 0.141 e. The second kappa shape index (κ2) is 11.2. The van der Waals surface area contributed by atoms with Crippen molar-refractivity contribution >= 4 is 29.5 Å². The van der Waals surface area contributed by atoms with Crippen LogP contribution in [0.4, 0.5) is 15.8 Å². The van der Waals surface area contributed by atoms with Crippen molar-refractivity contribution in [1.82, 2.24) is 9.80 Å². The van der Waals surface area contributed by atoms with Gasteiger partial charge >= 0.3 is 0 Å². The van der Waals surface area contributed by atoms with E-state index in [9.17, 15) is 9.50 Å². The fourth-order valence-electron chi connectivity index (χ4n) is 4.89. The van der Waals surface area contributed by atoms with Crippen LogP contribution in [0, 0.1) is 5.82 Å². The molecule has 0 radical (unpaired) electrons. The summed E-state index contributed by atoms with van der Waals surface area (Å²) in [6.45, 7) is 5.28. The second-order valence-corrected chi connectivity index (χ2v) is 10.5. The van der Waals surface area contributed by atoms with E-state index in [1.165, 1.54) is 18.7 Å². The van der Waals surface area contributed by atoms with E-state index >= 15 is 0 Å². The summed E-state index contributed by atoms with van der Waals surface area (Å²) in [5.74, 6) is 0.274. The number of fused-ring (bicyclic) bond motifs is 1. The van der Waals surface area contributed by atoms with Gasteiger partial charge in [-0.1, -0.05) is 30.3 Å². The number of hydrogen-bond donors (Lipinski definition) is 2. The van der Waals surface area contributed by atoms with E-state index in [-0.39, 0.29) is 5.82 Å². The molecular weight excluding hydrogens is 487 g/mol. The number of rotatable bonds is 8. The molecule has 1 fully saturated rings. The maximum atomic E-state index is 14.4. The number of nitrogens with one attached hydrogen (secondary N) is 1. The molecule has 3 aromatic carbocycles. The molecule has 2 aliphatic rings. The van der Waals surface area contributed by atoms with Gasteiger partial charge < -0.3 is 14.6 Å². The standard InChI is InChI=1S/C29H33FN4O2S/c1-29(35,34-17-15-33(16-18-34)20-22-8-13-25(36-2)19-26(22)30)23-9-11-24(12-10-23)32-37-27-7-3-5-21-6-4-14-31-28(21)27/h3,5,7-14,19,32,35H,4,6,15-18,20H2,1-2H3. The molecule has 2 N–H and O–H groups in total. The summed E-state index contributed by atoms with van der Waals surface area (Å²) in [5.41, 5.74) is 3.73. The first-order chi connectivity index (χ1) is 17.9. The lowest BCUT2D eigenvalue weighted by molar-refractivity contribution is -0.118. The van der Waals surface area contributed by atoms with E-state index in [0.717, 1.165) is 47.8 Å². The fourth-order valence-corrected chi connectivity index (χ4v) is 5.68. The van der Waals surface area contributed by atoms with Gasteiger partial charge in [0.2, 0.25) is 0 Å².